The molecule has 0 aliphatic carbocycles. The number of benzene rings is 4. The molecular weight excluding hydrogens is 497 g/mol. The summed E-state index contributed by atoms with van der Waals surface area (Å²) in [4.78, 5) is 28.8. The van der Waals surface area contributed by atoms with Crippen LogP contribution >= 0.6 is 0 Å². The molecule has 3 aliphatic rings. The Balaban J connectivity index is 1.18. The van der Waals surface area contributed by atoms with Crippen LogP contribution in [0.4, 0.5) is 10.1 Å². The fraction of sp³-hybridized carbons (Fsp3) is 0.188. The van der Waals surface area contributed by atoms with Gasteiger partial charge in [-0.3, -0.25) is 9.59 Å². The molecule has 3 heterocycles. The van der Waals surface area contributed by atoms with Crippen LogP contribution in [0.5, 0.6) is 17.2 Å². The maximum Gasteiger partial charge on any atom is 0.246 e. The lowest BCUT2D eigenvalue weighted by atomic mass is 9.77. The molecule has 0 N–H and O–H groups in total. The molecule has 1 atom stereocenters. The Hall–Kier alpha value is -4.65. The second-order valence-corrected chi connectivity index (χ2v) is 9.98. The number of nitrogens with zero attached hydrogens (tertiary/aromatic N) is 1. The predicted molar refractivity (Wildman–Crippen MR) is 142 cm³/mol. The molecule has 0 aromatic heterocycles. The van der Waals surface area contributed by atoms with Crippen molar-refractivity contribution in [2.24, 2.45) is 0 Å². The van der Waals surface area contributed by atoms with Crippen LogP contribution in [-0.2, 0) is 23.2 Å². The molecular formula is C32H24FNO5. The van der Waals surface area contributed by atoms with Gasteiger partial charge in [0.25, 0.3) is 0 Å². The first-order valence-corrected chi connectivity index (χ1v) is 12.9. The van der Waals surface area contributed by atoms with Crippen molar-refractivity contribution in [3.05, 3.63) is 119 Å². The van der Waals surface area contributed by atoms with Crippen LogP contribution in [0.25, 0.3) is 0 Å². The number of carbonyl (C=O) groups is 2. The van der Waals surface area contributed by atoms with E-state index in [-0.39, 0.29) is 30.5 Å². The number of carbonyl (C=O) groups excluding carboxylic acids is 2. The van der Waals surface area contributed by atoms with E-state index in [0.29, 0.717) is 48.1 Å². The summed E-state index contributed by atoms with van der Waals surface area (Å²) in [5.74, 6) is 1.24. The molecule has 1 unspecified atom stereocenters. The second kappa shape index (κ2) is 8.98. The minimum atomic E-state index is -0.975. The molecule has 0 fully saturated rings. The van der Waals surface area contributed by atoms with Crippen molar-refractivity contribution in [1.29, 1.82) is 0 Å². The zero-order chi connectivity index (χ0) is 26.6. The van der Waals surface area contributed by atoms with Gasteiger partial charge in [-0.1, -0.05) is 60.7 Å². The first kappa shape index (κ1) is 23.5. The average molecular weight is 522 g/mol. The van der Waals surface area contributed by atoms with Gasteiger partial charge < -0.3 is 19.1 Å². The predicted octanol–water partition coefficient (Wildman–Crippen LogP) is 5.25. The molecule has 4 aromatic carbocycles. The number of ether oxygens (including phenoxy) is 3. The van der Waals surface area contributed by atoms with E-state index in [0.717, 1.165) is 22.4 Å². The number of anilines is 1. The summed E-state index contributed by atoms with van der Waals surface area (Å²) in [6, 6.07) is 24.9. The maximum atomic E-state index is 14.2. The van der Waals surface area contributed by atoms with E-state index < -0.39 is 5.41 Å². The number of amides is 1. The SMILES string of the molecule is O=C(Cc1ccccc1F)c1ccc(CN2C(=O)C3(COc4cc5c(cc43)OCCO5)c3ccccc32)cc1. The number of hydrogen-bond donors (Lipinski definition) is 0. The number of rotatable bonds is 5. The van der Waals surface area contributed by atoms with Crippen molar-refractivity contribution in [3.8, 4) is 17.2 Å². The Bertz CT molecular complexity index is 1630. The molecule has 0 saturated carbocycles. The van der Waals surface area contributed by atoms with Crippen LogP contribution in [0.3, 0.4) is 0 Å². The summed E-state index contributed by atoms with van der Waals surface area (Å²) in [5, 5.41) is 0. The Morgan fingerprint density at radius 2 is 1.54 bits per heavy atom. The van der Waals surface area contributed by atoms with Crippen LogP contribution in [0.1, 0.15) is 32.6 Å². The Morgan fingerprint density at radius 3 is 2.33 bits per heavy atom. The summed E-state index contributed by atoms with van der Waals surface area (Å²) in [7, 11) is 0. The van der Waals surface area contributed by atoms with Crippen LogP contribution < -0.4 is 19.1 Å². The van der Waals surface area contributed by atoms with Crippen LogP contribution in [-0.4, -0.2) is 31.5 Å². The van der Waals surface area contributed by atoms with E-state index in [9.17, 15) is 14.0 Å². The molecule has 4 aromatic rings. The first-order chi connectivity index (χ1) is 19.0. The number of Topliss-reactive ketones (excluding diaryl/α,β-unsaturated/α-hetero) is 1. The highest BCUT2D eigenvalue weighted by atomic mass is 19.1. The minimum absolute atomic E-state index is 0.00953. The van der Waals surface area contributed by atoms with Crippen LogP contribution in [0.2, 0.25) is 0 Å². The third kappa shape index (κ3) is 3.68. The zero-order valence-electron chi connectivity index (χ0n) is 21.0. The molecule has 1 amide bonds. The van der Waals surface area contributed by atoms with Gasteiger partial charge in [0.2, 0.25) is 5.91 Å². The summed E-state index contributed by atoms with van der Waals surface area (Å²) < 4.78 is 31.6. The number of halogens is 1. The Kier molecular flexibility index (Phi) is 5.40. The summed E-state index contributed by atoms with van der Waals surface area (Å²) >= 11 is 0. The monoisotopic (exact) mass is 521 g/mol. The van der Waals surface area contributed by atoms with E-state index in [4.69, 9.17) is 14.2 Å². The minimum Gasteiger partial charge on any atom is -0.491 e. The molecule has 1 spiro atoms. The van der Waals surface area contributed by atoms with Gasteiger partial charge in [0.15, 0.2) is 17.3 Å². The van der Waals surface area contributed by atoms with Gasteiger partial charge in [-0.15, -0.1) is 0 Å². The largest absolute Gasteiger partial charge is 0.491 e. The van der Waals surface area contributed by atoms with Gasteiger partial charge in [0, 0.05) is 29.3 Å². The standard InChI is InChI=1S/C32H24FNO5/c33-25-7-3-1-5-22(25)15-27(35)21-11-9-20(10-12-21)18-34-26-8-4-2-6-23(26)32(31(34)36)19-39-28-17-30-29(16-24(28)32)37-13-14-38-30/h1-12,16-17H,13-15,18-19H2. The third-order valence-electron chi connectivity index (χ3n) is 7.74. The molecule has 0 bridgehead atoms. The number of para-hydroxylation sites is 1. The average Bonchev–Trinajstić information content (AvgIpc) is 3.45. The maximum absolute atomic E-state index is 14.2. The topological polar surface area (TPSA) is 65.1 Å². The molecule has 6 nitrogen and oxygen atoms in total. The molecule has 7 heteroatoms. The third-order valence-corrected chi connectivity index (χ3v) is 7.74. The van der Waals surface area contributed by atoms with Crippen LogP contribution in [0.15, 0.2) is 84.9 Å². The van der Waals surface area contributed by atoms with Crippen molar-refractivity contribution in [2.75, 3.05) is 24.7 Å². The van der Waals surface area contributed by atoms with Crippen molar-refractivity contribution >= 4 is 17.4 Å². The van der Waals surface area contributed by atoms with Crippen molar-refractivity contribution < 1.29 is 28.2 Å². The number of hydrogen-bond acceptors (Lipinski definition) is 5. The van der Waals surface area contributed by atoms with Gasteiger partial charge in [-0.25, -0.2) is 4.39 Å². The van der Waals surface area contributed by atoms with Gasteiger partial charge in [0.05, 0.1) is 6.54 Å². The van der Waals surface area contributed by atoms with Crippen molar-refractivity contribution in [1.82, 2.24) is 0 Å². The lowest BCUT2D eigenvalue weighted by molar-refractivity contribution is -0.122. The molecule has 7 rings (SSSR count). The van der Waals surface area contributed by atoms with Crippen LogP contribution in [0, 0.1) is 5.82 Å². The van der Waals surface area contributed by atoms with Crippen molar-refractivity contribution in [3.63, 3.8) is 0 Å². The molecule has 39 heavy (non-hydrogen) atoms. The number of fused-ring (bicyclic) bond motifs is 5. The van der Waals surface area contributed by atoms with Gasteiger partial charge in [0.1, 0.15) is 36.8 Å². The normalized spacial score (nSPS) is 18.6. The highest BCUT2D eigenvalue weighted by Gasteiger charge is 2.57. The smallest absolute Gasteiger partial charge is 0.246 e. The summed E-state index contributed by atoms with van der Waals surface area (Å²) in [6.07, 6.45) is -0.00953. The highest BCUT2D eigenvalue weighted by molar-refractivity contribution is 6.11. The van der Waals surface area contributed by atoms with E-state index in [1.54, 1.807) is 35.2 Å². The molecule has 0 radical (unpaired) electrons. The van der Waals surface area contributed by atoms with Gasteiger partial charge in [-0.05, 0) is 34.9 Å². The second-order valence-electron chi connectivity index (χ2n) is 9.98. The van der Waals surface area contributed by atoms with Gasteiger partial charge in [-0.2, -0.15) is 0 Å². The molecule has 194 valence electrons. The quantitative estimate of drug-likeness (QED) is 0.336. The van der Waals surface area contributed by atoms with E-state index >= 15 is 0 Å². The van der Waals surface area contributed by atoms with Crippen molar-refractivity contribution in [2.45, 2.75) is 18.4 Å². The Labute approximate surface area is 224 Å². The van der Waals surface area contributed by atoms with E-state index in [2.05, 4.69) is 0 Å². The lowest BCUT2D eigenvalue weighted by Crippen LogP contribution is -2.42. The molecule has 3 aliphatic heterocycles. The fourth-order valence-electron chi connectivity index (χ4n) is 5.76. The first-order valence-electron chi connectivity index (χ1n) is 12.9. The van der Waals surface area contributed by atoms with E-state index in [1.165, 1.54) is 6.07 Å². The summed E-state index contributed by atoms with van der Waals surface area (Å²) in [6.45, 7) is 1.45. The Morgan fingerprint density at radius 1 is 0.821 bits per heavy atom. The lowest BCUT2D eigenvalue weighted by Gasteiger charge is -2.24. The fourth-order valence-corrected chi connectivity index (χ4v) is 5.76. The molecule has 0 saturated heterocycles. The summed E-state index contributed by atoms with van der Waals surface area (Å²) in [5.41, 5.74) is 3.26. The van der Waals surface area contributed by atoms with Gasteiger partial charge >= 0.3 is 0 Å². The number of ketones is 1. The zero-order valence-corrected chi connectivity index (χ0v) is 21.0. The highest BCUT2D eigenvalue weighted by Crippen LogP contribution is 2.55. The van der Waals surface area contributed by atoms with E-state index in [1.807, 2.05) is 48.5 Å².